The van der Waals surface area contributed by atoms with Crippen LogP contribution in [0.2, 0.25) is 0 Å². The number of hydrogen-bond donors (Lipinski definition) is 3. The van der Waals surface area contributed by atoms with Crippen molar-refractivity contribution < 1.29 is 48.5 Å². The van der Waals surface area contributed by atoms with E-state index in [-0.39, 0.29) is 0 Å². The van der Waals surface area contributed by atoms with Crippen molar-refractivity contribution in [1.29, 1.82) is 0 Å². The van der Waals surface area contributed by atoms with Crippen LogP contribution < -0.4 is 9.47 Å². The molecule has 2 aliphatic rings. The molecule has 0 spiro atoms. The Kier molecular flexibility index (Phi) is 12.5. The minimum absolute atomic E-state index is 0.375. The Balaban J connectivity index is 1.52. The Labute approximate surface area is 207 Å². The highest BCUT2D eigenvalue weighted by atomic mass is 16.6. The fraction of sp³-hybridized carbons (Fsp3) is 0.760. The first-order valence-electron chi connectivity index (χ1n) is 12.5. The van der Waals surface area contributed by atoms with Crippen LogP contribution in [0, 0.1) is 0 Å². The van der Waals surface area contributed by atoms with Crippen molar-refractivity contribution in [3.63, 3.8) is 0 Å². The van der Waals surface area contributed by atoms with E-state index in [4.69, 9.17) is 33.2 Å². The number of hydrogen-bond acceptors (Lipinski definition) is 10. The molecule has 35 heavy (non-hydrogen) atoms. The van der Waals surface area contributed by atoms with Gasteiger partial charge in [-0.05, 0) is 43.9 Å². The molecule has 0 radical (unpaired) electrons. The van der Waals surface area contributed by atoms with Crippen molar-refractivity contribution in [2.75, 3.05) is 66.1 Å². The largest absolute Gasteiger partial charge is 0.487 e. The van der Waals surface area contributed by atoms with Gasteiger partial charge in [0.25, 0.3) is 0 Å². The van der Waals surface area contributed by atoms with Crippen molar-refractivity contribution in [3.05, 3.63) is 23.8 Å². The lowest BCUT2D eigenvalue weighted by Gasteiger charge is -2.39. The summed E-state index contributed by atoms with van der Waals surface area (Å²) in [5, 5.41) is 30.1. The summed E-state index contributed by atoms with van der Waals surface area (Å²) in [6.45, 7) is 6.34. The summed E-state index contributed by atoms with van der Waals surface area (Å²) in [4.78, 5) is 0. The summed E-state index contributed by atoms with van der Waals surface area (Å²) in [5.41, 5.74) is 1.05. The molecule has 200 valence electrons. The first kappa shape index (κ1) is 28.1. The maximum Gasteiger partial charge on any atom is 0.161 e. The van der Waals surface area contributed by atoms with Crippen molar-refractivity contribution >= 4 is 0 Å². The lowest BCUT2D eigenvalue weighted by molar-refractivity contribution is -0.218. The molecule has 0 aliphatic carbocycles. The van der Waals surface area contributed by atoms with Gasteiger partial charge in [-0.1, -0.05) is 6.07 Å². The van der Waals surface area contributed by atoms with Gasteiger partial charge in [0.15, 0.2) is 11.5 Å². The number of fused-ring (bicyclic) bond motifs is 1. The second kappa shape index (κ2) is 15.6. The van der Waals surface area contributed by atoms with Gasteiger partial charge in [-0.2, -0.15) is 0 Å². The highest BCUT2D eigenvalue weighted by Gasteiger charge is 2.41. The van der Waals surface area contributed by atoms with Gasteiger partial charge in [0, 0.05) is 0 Å². The third kappa shape index (κ3) is 9.47. The smallest absolute Gasteiger partial charge is 0.161 e. The first-order chi connectivity index (χ1) is 17.1. The lowest BCUT2D eigenvalue weighted by atomic mass is 9.92. The van der Waals surface area contributed by atoms with Crippen LogP contribution in [0.25, 0.3) is 0 Å². The Morgan fingerprint density at radius 1 is 0.686 bits per heavy atom. The molecule has 5 atom stereocenters. The molecule has 0 saturated carbocycles. The molecule has 3 N–H and O–H groups in total. The Hall–Kier alpha value is -1.50. The van der Waals surface area contributed by atoms with Crippen molar-refractivity contribution in [2.45, 2.75) is 56.7 Å². The molecule has 2 heterocycles. The number of benzene rings is 1. The zero-order chi connectivity index (χ0) is 24.9. The SMILES string of the molecule is CC1O[C@@H](CCCc2ccc3c(c2)OCCOCCOCCOCCOCCO3)C(O)[C@@H](O)[C@@H]1O. The van der Waals surface area contributed by atoms with Crippen molar-refractivity contribution in [2.24, 2.45) is 0 Å². The van der Waals surface area contributed by atoms with Crippen molar-refractivity contribution in [3.8, 4) is 11.5 Å². The molecule has 2 aliphatic heterocycles. The van der Waals surface area contributed by atoms with Gasteiger partial charge in [0.2, 0.25) is 0 Å². The molecule has 10 nitrogen and oxygen atoms in total. The average Bonchev–Trinajstić information content (AvgIpc) is 2.86. The number of aliphatic hydroxyl groups is 3. The zero-order valence-corrected chi connectivity index (χ0v) is 20.5. The van der Waals surface area contributed by atoms with E-state index in [2.05, 4.69) is 0 Å². The van der Waals surface area contributed by atoms with Gasteiger partial charge >= 0.3 is 0 Å². The van der Waals surface area contributed by atoms with E-state index < -0.39 is 30.5 Å². The van der Waals surface area contributed by atoms with E-state index in [1.54, 1.807) is 6.92 Å². The predicted octanol–water partition coefficient (Wildman–Crippen LogP) is 0.717. The van der Waals surface area contributed by atoms with Crippen LogP contribution in [0.4, 0.5) is 0 Å². The number of rotatable bonds is 4. The third-order valence-corrected chi connectivity index (χ3v) is 6.00. The second-order valence-electron chi connectivity index (χ2n) is 8.67. The van der Waals surface area contributed by atoms with Gasteiger partial charge < -0.3 is 48.5 Å². The summed E-state index contributed by atoms with van der Waals surface area (Å²) in [6.07, 6.45) is -2.42. The number of aliphatic hydroxyl groups excluding tert-OH is 3. The fourth-order valence-electron chi connectivity index (χ4n) is 4.01. The van der Waals surface area contributed by atoms with Gasteiger partial charge in [0.1, 0.15) is 31.5 Å². The fourth-order valence-corrected chi connectivity index (χ4v) is 4.01. The van der Waals surface area contributed by atoms with Gasteiger partial charge in [-0.25, -0.2) is 0 Å². The molecule has 1 aromatic carbocycles. The monoisotopic (exact) mass is 500 g/mol. The van der Waals surface area contributed by atoms with Crippen LogP contribution in [-0.2, 0) is 30.1 Å². The first-order valence-corrected chi connectivity index (χ1v) is 12.5. The molecule has 10 heteroatoms. The molecule has 1 saturated heterocycles. The maximum atomic E-state index is 10.2. The quantitative estimate of drug-likeness (QED) is 0.544. The Bertz CT molecular complexity index is 717. The summed E-state index contributed by atoms with van der Waals surface area (Å²) in [5.74, 6) is 1.27. The van der Waals surface area contributed by atoms with E-state index in [1.807, 2.05) is 18.2 Å². The van der Waals surface area contributed by atoms with Crippen LogP contribution in [0.1, 0.15) is 25.3 Å². The summed E-state index contributed by atoms with van der Waals surface area (Å²) >= 11 is 0. The molecule has 0 aromatic heterocycles. The minimum atomic E-state index is -1.20. The van der Waals surface area contributed by atoms with E-state index >= 15 is 0 Å². The van der Waals surface area contributed by atoms with E-state index in [0.717, 1.165) is 18.4 Å². The van der Waals surface area contributed by atoms with E-state index in [1.165, 1.54) is 0 Å². The van der Waals surface area contributed by atoms with E-state index in [9.17, 15) is 15.3 Å². The Morgan fingerprint density at radius 3 is 1.83 bits per heavy atom. The van der Waals surface area contributed by atoms with Crippen LogP contribution >= 0.6 is 0 Å². The zero-order valence-electron chi connectivity index (χ0n) is 20.5. The van der Waals surface area contributed by atoms with E-state index in [0.29, 0.717) is 84.0 Å². The third-order valence-electron chi connectivity index (χ3n) is 6.00. The van der Waals surface area contributed by atoms with Gasteiger partial charge in [0.05, 0.1) is 65.1 Å². The molecule has 0 amide bonds. The molecule has 1 fully saturated rings. The standard InChI is InChI=1S/C25H40O10/c1-18-23(26)25(28)24(27)21(35-18)4-2-3-19-5-6-20-22(17-19)34-16-14-32-12-10-30-8-7-29-9-11-31-13-15-33-20/h5-6,17-18,21,23-28H,2-4,7-16H2,1H3/t18?,21-,23+,24?,25-/m0/s1. The maximum absolute atomic E-state index is 10.2. The van der Waals surface area contributed by atoms with Crippen molar-refractivity contribution in [1.82, 2.24) is 0 Å². The summed E-state index contributed by atoms with van der Waals surface area (Å²) in [7, 11) is 0. The summed E-state index contributed by atoms with van der Waals surface area (Å²) in [6, 6.07) is 5.82. The highest BCUT2D eigenvalue weighted by molar-refractivity contribution is 5.43. The molecular weight excluding hydrogens is 460 g/mol. The lowest BCUT2D eigenvalue weighted by Crippen LogP contribution is -2.56. The van der Waals surface area contributed by atoms with Crippen LogP contribution in [0.5, 0.6) is 11.5 Å². The predicted molar refractivity (Wildman–Crippen MR) is 126 cm³/mol. The van der Waals surface area contributed by atoms with Gasteiger partial charge in [-0.3, -0.25) is 0 Å². The van der Waals surface area contributed by atoms with Crippen LogP contribution in [0.15, 0.2) is 18.2 Å². The topological polar surface area (TPSA) is 125 Å². The molecule has 1 aromatic rings. The molecule has 0 bridgehead atoms. The molecular formula is C25H40O10. The number of aryl methyl sites for hydroxylation is 1. The molecule has 2 unspecified atom stereocenters. The number of ether oxygens (including phenoxy) is 7. The summed E-state index contributed by atoms with van der Waals surface area (Å²) < 4.78 is 39.5. The normalized spacial score (nSPS) is 30.2. The Morgan fingerprint density at radius 2 is 1.23 bits per heavy atom. The highest BCUT2D eigenvalue weighted by Crippen LogP contribution is 2.30. The molecule has 3 rings (SSSR count). The second-order valence-corrected chi connectivity index (χ2v) is 8.67. The van der Waals surface area contributed by atoms with Crippen LogP contribution in [0.3, 0.4) is 0 Å². The minimum Gasteiger partial charge on any atom is -0.487 e. The van der Waals surface area contributed by atoms with Gasteiger partial charge in [-0.15, -0.1) is 0 Å². The average molecular weight is 501 g/mol. The van der Waals surface area contributed by atoms with Crippen LogP contribution in [-0.4, -0.2) is 112 Å².